The van der Waals surface area contributed by atoms with Crippen LogP contribution in [0.1, 0.15) is 91.4 Å². The fourth-order valence-corrected chi connectivity index (χ4v) is 6.48. The lowest BCUT2D eigenvalue weighted by Gasteiger charge is -2.56. The lowest BCUT2D eigenvalue weighted by molar-refractivity contribution is -0.0509. The van der Waals surface area contributed by atoms with Crippen LogP contribution in [0, 0.1) is 28.6 Å². The van der Waals surface area contributed by atoms with E-state index < -0.39 is 0 Å². The van der Waals surface area contributed by atoms with Crippen molar-refractivity contribution in [2.45, 2.75) is 91.4 Å². The Bertz CT molecular complexity index is 395. The fourth-order valence-electron chi connectivity index (χ4n) is 6.48. The molecule has 120 valence electrons. The van der Waals surface area contributed by atoms with Crippen molar-refractivity contribution in [1.82, 2.24) is 0 Å². The molecule has 0 aliphatic heterocycles. The fraction of sp³-hybridized carbons (Fsp3) is 0.905. The van der Waals surface area contributed by atoms with Crippen molar-refractivity contribution in [2.75, 3.05) is 0 Å². The minimum Gasteiger partial charge on any atom is -0.0993 e. The average Bonchev–Trinajstić information content (AvgIpc) is 2.76. The van der Waals surface area contributed by atoms with E-state index in [-0.39, 0.29) is 0 Å². The highest BCUT2D eigenvalue weighted by molar-refractivity contribution is 5.20. The maximum Gasteiger partial charge on any atom is -0.00879 e. The van der Waals surface area contributed by atoms with Crippen LogP contribution in [0.4, 0.5) is 0 Å². The molecule has 3 unspecified atom stereocenters. The number of allylic oxidation sites excluding steroid dienone is 1. The van der Waals surface area contributed by atoms with Crippen LogP contribution in [0.3, 0.4) is 0 Å². The van der Waals surface area contributed by atoms with E-state index in [0.29, 0.717) is 10.8 Å². The average molecular weight is 289 g/mol. The van der Waals surface area contributed by atoms with Gasteiger partial charge in [-0.3, -0.25) is 0 Å². The second kappa shape index (κ2) is 5.74. The molecule has 0 aromatic rings. The maximum absolute atomic E-state index is 4.44. The summed E-state index contributed by atoms with van der Waals surface area (Å²) in [4.78, 5) is 0. The molecule has 0 aromatic heterocycles. The van der Waals surface area contributed by atoms with E-state index in [2.05, 4.69) is 27.4 Å². The summed E-state index contributed by atoms with van der Waals surface area (Å²) in [7, 11) is 0. The zero-order valence-electron chi connectivity index (χ0n) is 14.7. The summed E-state index contributed by atoms with van der Waals surface area (Å²) in [5.41, 5.74) is 2.75. The summed E-state index contributed by atoms with van der Waals surface area (Å²) in [5, 5.41) is 0. The summed E-state index contributed by atoms with van der Waals surface area (Å²) >= 11 is 0. The standard InChI is InChI=1S/C21H36/c1-5-6-7-13-20(3)14-8-9-17-18(20)12-15-21(4)16(2)10-11-19(17)21/h17-19H,2,5-15H2,1,3-4H3/t17?,18?,19?,20-,21+/m0/s1. The van der Waals surface area contributed by atoms with E-state index in [1.807, 2.05) is 0 Å². The van der Waals surface area contributed by atoms with Gasteiger partial charge < -0.3 is 0 Å². The van der Waals surface area contributed by atoms with Crippen molar-refractivity contribution >= 4 is 0 Å². The van der Waals surface area contributed by atoms with E-state index in [0.717, 1.165) is 17.8 Å². The summed E-state index contributed by atoms with van der Waals surface area (Å²) in [6, 6.07) is 0. The lowest BCUT2D eigenvalue weighted by atomic mass is 9.49. The Morgan fingerprint density at radius 3 is 2.62 bits per heavy atom. The van der Waals surface area contributed by atoms with Gasteiger partial charge in [0.2, 0.25) is 0 Å². The van der Waals surface area contributed by atoms with Crippen LogP contribution in [0.5, 0.6) is 0 Å². The lowest BCUT2D eigenvalue weighted by Crippen LogP contribution is -2.47. The third kappa shape index (κ3) is 2.51. The quantitative estimate of drug-likeness (QED) is 0.396. The van der Waals surface area contributed by atoms with Crippen LogP contribution in [0.25, 0.3) is 0 Å². The normalized spacial score (nSPS) is 46.2. The highest BCUT2D eigenvalue weighted by Gasteiger charge is 2.55. The van der Waals surface area contributed by atoms with Gasteiger partial charge >= 0.3 is 0 Å². The molecule has 3 fully saturated rings. The monoisotopic (exact) mass is 288 g/mol. The number of hydrogen-bond donors (Lipinski definition) is 0. The van der Waals surface area contributed by atoms with Crippen LogP contribution in [0.15, 0.2) is 12.2 Å². The highest BCUT2D eigenvalue weighted by atomic mass is 14.6. The number of unbranched alkanes of at least 4 members (excludes halogenated alkanes) is 2. The highest BCUT2D eigenvalue weighted by Crippen LogP contribution is 2.64. The van der Waals surface area contributed by atoms with Crippen LogP contribution >= 0.6 is 0 Å². The molecule has 3 aliphatic rings. The third-order valence-electron chi connectivity index (χ3n) is 7.92. The van der Waals surface area contributed by atoms with Crippen LogP contribution in [-0.4, -0.2) is 0 Å². The van der Waals surface area contributed by atoms with Crippen molar-refractivity contribution < 1.29 is 0 Å². The molecule has 0 N–H and O–H groups in total. The first-order chi connectivity index (χ1) is 10.0. The summed E-state index contributed by atoms with van der Waals surface area (Å²) in [6.07, 6.45) is 15.9. The molecule has 0 aromatic carbocycles. The largest absolute Gasteiger partial charge is 0.0993 e. The van der Waals surface area contributed by atoms with Crippen molar-refractivity contribution in [1.29, 1.82) is 0 Å². The van der Waals surface area contributed by atoms with Gasteiger partial charge in [-0.1, -0.05) is 58.6 Å². The molecule has 0 radical (unpaired) electrons. The Kier molecular flexibility index (Phi) is 4.27. The molecule has 0 bridgehead atoms. The van der Waals surface area contributed by atoms with Gasteiger partial charge in [-0.2, -0.15) is 0 Å². The second-order valence-corrected chi connectivity index (χ2v) is 8.98. The van der Waals surface area contributed by atoms with Crippen molar-refractivity contribution in [2.24, 2.45) is 28.6 Å². The summed E-state index contributed by atoms with van der Waals surface area (Å²) in [5.74, 6) is 3.00. The van der Waals surface area contributed by atoms with Gasteiger partial charge in [0.15, 0.2) is 0 Å². The van der Waals surface area contributed by atoms with Gasteiger partial charge in [0.1, 0.15) is 0 Å². The second-order valence-electron chi connectivity index (χ2n) is 8.98. The predicted octanol–water partition coefficient (Wildman–Crippen LogP) is 6.76. The molecular weight excluding hydrogens is 252 g/mol. The Morgan fingerprint density at radius 2 is 1.86 bits per heavy atom. The molecular formula is C21H36. The van der Waals surface area contributed by atoms with Crippen LogP contribution in [0.2, 0.25) is 0 Å². The Balaban J connectivity index is 1.77. The SMILES string of the molecule is C=C1CCC2C3CCC[C@](C)(CCCCC)C3CC[C@]12C. The minimum absolute atomic E-state index is 0.503. The van der Waals surface area contributed by atoms with Crippen LogP contribution in [-0.2, 0) is 0 Å². The maximum atomic E-state index is 4.44. The first-order valence-electron chi connectivity index (χ1n) is 9.69. The molecule has 0 spiro atoms. The molecule has 3 saturated carbocycles. The van der Waals surface area contributed by atoms with E-state index in [1.165, 1.54) is 70.6 Å². The Morgan fingerprint density at radius 1 is 1.05 bits per heavy atom. The van der Waals surface area contributed by atoms with E-state index in [1.54, 1.807) is 5.57 Å². The van der Waals surface area contributed by atoms with E-state index in [4.69, 9.17) is 0 Å². The summed E-state index contributed by atoms with van der Waals surface area (Å²) in [6.45, 7) is 12.0. The zero-order chi connectivity index (χ0) is 15.1. The van der Waals surface area contributed by atoms with Gasteiger partial charge in [0, 0.05) is 0 Å². The van der Waals surface area contributed by atoms with Crippen molar-refractivity contribution in [3.63, 3.8) is 0 Å². The van der Waals surface area contributed by atoms with E-state index in [9.17, 15) is 0 Å². The van der Waals surface area contributed by atoms with Gasteiger partial charge in [0.05, 0.1) is 0 Å². The van der Waals surface area contributed by atoms with Crippen molar-refractivity contribution in [3.8, 4) is 0 Å². The molecule has 0 amide bonds. The molecule has 21 heavy (non-hydrogen) atoms. The molecule has 0 heterocycles. The topological polar surface area (TPSA) is 0 Å². The van der Waals surface area contributed by atoms with Gasteiger partial charge in [-0.15, -0.1) is 0 Å². The van der Waals surface area contributed by atoms with Gasteiger partial charge in [-0.05, 0) is 73.5 Å². The molecule has 3 aliphatic carbocycles. The number of rotatable bonds is 4. The molecule has 0 heteroatoms. The number of fused-ring (bicyclic) bond motifs is 3. The first kappa shape index (κ1) is 15.6. The molecule has 0 saturated heterocycles. The molecule has 0 nitrogen and oxygen atoms in total. The number of hydrogen-bond acceptors (Lipinski definition) is 0. The smallest absolute Gasteiger partial charge is 0.00879 e. The minimum atomic E-state index is 0.503. The Hall–Kier alpha value is -0.260. The Labute approximate surface area is 132 Å². The zero-order valence-corrected chi connectivity index (χ0v) is 14.7. The first-order valence-corrected chi connectivity index (χ1v) is 9.69. The van der Waals surface area contributed by atoms with Crippen LogP contribution < -0.4 is 0 Å². The third-order valence-corrected chi connectivity index (χ3v) is 7.92. The van der Waals surface area contributed by atoms with E-state index >= 15 is 0 Å². The van der Waals surface area contributed by atoms with Gasteiger partial charge in [-0.25, -0.2) is 0 Å². The summed E-state index contributed by atoms with van der Waals surface area (Å²) < 4.78 is 0. The van der Waals surface area contributed by atoms with Gasteiger partial charge in [0.25, 0.3) is 0 Å². The molecule has 5 atom stereocenters. The molecule has 3 rings (SSSR count). The predicted molar refractivity (Wildman–Crippen MR) is 92.3 cm³/mol. The van der Waals surface area contributed by atoms with Crippen molar-refractivity contribution in [3.05, 3.63) is 12.2 Å².